The van der Waals surface area contributed by atoms with Crippen molar-refractivity contribution < 1.29 is 9.50 Å². The normalized spacial score (nSPS) is 11.1. The lowest BCUT2D eigenvalue weighted by atomic mass is 9.99. The number of nitrogens with one attached hydrogen (secondary N) is 1. The first kappa shape index (κ1) is 17.2. The van der Waals surface area contributed by atoms with Gasteiger partial charge in [0, 0.05) is 5.56 Å². The molecule has 0 atom stereocenters. The fourth-order valence-electron chi connectivity index (χ4n) is 3.47. The van der Waals surface area contributed by atoms with E-state index in [2.05, 4.69) is 34.2 Å². The molecule has 0 bridgehead atoms. The lowest BCUT2D eigenvalue weighted by Crippen LogP contribution is -1.83. The van der Waals surface area contributed by atoms with Crippen LogP contribution in [0, 0.1) is 5.82 Å². The van der Waals surface area contributed by atoms with E-state index in [9.17, 15) is 9.50 Å². The lowest BCUT2D eigenvalue weighted by molar-refractivity contribution is 0.480. The van der Waals surface area contributed by atoms with Crippen LogP contribution in [0.15, 0.2) is 91.0 Å². The molecule has 1 aromatic heterocycles. The molecule has 0 aliphatic rings. The molecule has 4 aromatic carbocycles. The number of phenols is 1. The van der Waals surface area contributed by atoms with E-state index in [1.54, 1.807) is 24.3 Å². The number of benzene rings is 4. The first-order chi connectivity index (χ1) is 14.2. The Morgan fingerprint density at radius 2 is 1.10 bits per heavy atom. The number of aromatic amines is 1. The third-order valence-electron chi connectivity index (χ3n) is 5.05. The van der Waals surface area contributed by atoms with Crippen LogP contribution in [-0.2, 0) is 0 Å². The number of H-pyrrole nitrogens is 1. The molecule has 5 aromatic rings. The molecule has 0 fully saturated rings. The number of aromatic nitrogens is 2. The van der Waals surface area contributed by atoms with E-state index in [1.165, 1.54) is 12.1 Å². The summed E-state index contributed by atoms with van der Waals surface area (Å²) in [4.78, 5) is 7.75. The summed E-state index contributed by atoms with van der Waals surface area (Å²) >= 11 is 0. The van der Waals surface area contributed by atoms with Gasteiger partial charge in [0.15, 0.2) is 0 Å². The van der Waals surface area contributed by atoms with E-state index in [1.807, 2.05) is 30.3 Å². The summed E-state index contributed by atoms with van der Waals surface area (Å²) in [5.74, 6) is 0.660. The Hall–Kier alpha value is -3.92. The van der Waals surface area contributed by atoms with Crippen molar-refractivity contribution in [2.45, 2.75) is 0 Å². The number of fused-ring (bicyclic) bond motifs is 1. The third-order valence-corrected chi connectivity index (χ3v) is 5.05. The van der Waals surface area contributed by atoms with Crippen LogP contribution in [0.2, 0.25) is 0 Å². The van der Waals surface area contributed by atoms with Crippen molar-refractivity contribution in [3.63, 3.8) is 0 Å². The number of imidazole rings is 1. The second-order valence-electron chi connectivity index (χ2n) is 6.92. The van der Waals surface area contributed by atoms with Crippen LogP contribution < -0.4 is 0 Å². The Bertz CT molecular complexity index is 1290. The highest BCUT2D eigenvalue weighted by molar-refractivity contribution is 5.84. The van der Waals surface area contributed by atoms with Crippen molar-refractivity contribution in [1.82, 2.24) is 9.97 Å². The first-order valence-electron chi connectivity index (χ1n) is 9.32. The molecule has 0 amide bonds. The summed E-state index contributed by atoms with van der Waals surface area (Å²) in [7, 11) is 0. The van der Waals surface area contributed by atoms with Crippen LogP contribution >= 0.6 is 0 Å². The molecule has 0 saturated heterocycles. The predicted molar refractivity (Wildman–Crippen MR) is 114 cm³/mol. The molecule has 4 heteroatoms. The fourth-order valence-corrected chi connectivity index (χ4v) is 3.47. The number of halogens is 1. The van der Waals surface area contributed by atoms with Gasteiger partial charge in [0.05, 0.1) is 5.52 Å². The minimum atomic E-state index is -0.231. The van der Waals surface area contributed by atoms with Gasteiger partial charge in [-0.1, -0.05) is 66.7 Å². The molecule has 0 saturated carbocycles. The largest absolute Gasteiger partial charge is 0.506 e. The number of para-hydroxylation sites is 1. The Balaban J connectivity index is 1.42. The van der Waals surface area contributed by atoms with Gasteiger partial charge >= 0.3 is 0 Å². The first-order valence-corrected chi connectivity index (χ1v) is 9.32. The van der Waals surface area contributed by atoms with Crippen molar-refractivity contribution in [1.29, 1.82) is 0 Å². The summed E-state index contributed by atoms with van der Waals surface area (Å²) in [5.41, 5.74) is 6.56. The maximum Gasteiger partial charge on any atom is 0.143 e. The average molecular weight is 380 g/mol. The SMILES string of the molecule is Oc1cccc2[nH]c(-c3ccc(-c4ccc(-c5ccc(F)cc5)cc4)cc3)nc12. The van der Waals surface area contributed by atoms with Crippen molar-refractivity contribution in [3.05, 3.63) is 96.8 Å². The van der Waals surface area contributed by atoms with Gasteiger partial charge in [0.2, 0.25) is 0 Å². The summed E-state index contributed by atoms with van der Waals surface area (Å²) in [6, 6.07) is 28.2. The van der Waals surface area contributed by atoms with Gasteiger partial charge in [0.25, 0.3) is 0 Å². The second kappa shape index (κ2) is 6.91. The summed E-state index contributed by atoms with van der Waals surface area (Å²) in [6.07, 6.45) is 0. The molecule has 0 aliphatic carbocycles. The van der Waals surface area contributed by atoms with Gasteiger partial charge in [-0.25, -0.2) is 9.37 Å². The number of hydrogen-bond donors (Lipinski definition) is 2. The summed E-state index contributed by atoms with van der Waals surface area (Å²) in [6.45, 7) is 0. The van der Waals surface area contributed by atoms with Crippen LogP contribution in [-0.4, -0.2) is 15.1 Å². The molecule has 5 rings (SSSR count). The van der Waals surface area contributed by atoms with E-state index in [0.717, 1.165) is 39.2 Å². The molecular weight excluding hydrogens is 363 g/mol. The number of aromatic hydroxyl groups is 1. The van der Waals surface area contributed by atoms with Crippen LogP contribution in [0.3, 0.4) is 0 Å². The maximum absolute atomic E-state index is 13.1. The highest BCUT2D eigenvalue weighted by Gasteiger charge is 2.08. The van der Waals surface area contributed by atoms with Gasteiger partial charge in [-0.05, 0) is 46.5 Å². The van der Waals surface area contributed by atoms with Gasteiger partial charge < -0.3 is 10.1 Å². The highest BCUT2D eigenvalue weighted by atomic mass is 19.1. The molecule has 0 aliphatic heterocycles. The van der Waals surface area contributed by atoms with Crippen LogP contribution in [0.5, 0.6) is 5.75 Å². The van der Waals surface area contributed by atoms with Crippen LogP contribution in [0.4, 0.5) is 4.39 Å². The van der Waals surface area contributed by atoms with Crippen molar-refractivity contribution in [2.24, 2.45) is 0 Å². The monoisotopic (exact) mass is 380 g/mol. The van der Waals surface area contributed by atoms with Gasteiger partial charge in [-0.2, -0.15) is 0 Å². The topological polar surface area (TPSA) is 48.9 Å². The van der Waals surface area contributed by atoms with Crippen molar-refractivity contribution in [3.8, 4) is 39.4 Å². The molecule has 140 valence electrons. The summed E-state index contributed by atoms with van der Waals surface area (Å²) in [5, 5.41) is 9.94. The number of phenolic OH excluding ortho intramolecular Hbond substituents is 1. The zero-order valence-electron chi connectivity index (χ0n) is 15.4. The molecule has 0 unspecified atom stereocenters. The second-order valence-corrected chi connectivity index (χ2v) is 6.92. The smallest absolute Gasteiger partial charge is 0.143 e. The third kappa shape index (κ3) is 3.25. The lowest BCUT2D eigenvalue weighted by Gasteiger charge is -2.06. The molecular formula is C25H17FN2O. The Morgan fingerprint density at radius 1 is 0.621 bits per heavy atom. The van der Waals surface area contributed by atoms with E-state index in [-0.39, 0.29) is 11.6 Å². The summed E-state index contributed by atoms with van der Waals surface area (Å²) < 4.78 is 13.1. The van der Waals surface area contributed by atoms with Crippen molar-refractivity contribution >= 4 is 11.0 Å². The van der Waals surface area contributed by atoms with Crippen LogP contribution in [0.1, 0.15) is 0 Å². The molecule has 3 nitrogen and oxygen atoms in total. The molecule has 29 heavy (non-hydrogen) atoms. The Kier molecular flexibility index (Phi) is 4.10. The minimum Gasteiger partial charge on any atom is -0.506 e. The number of nitrogens with zero attached hydrogens (tertiary/aromatic N) is 1. The van der Waals surface area contributed by atoms with Crippen LogP contribution in [0.25, 0.3) is 44.7 Å². The average Bonchev–Trinajstić information content (AvgIpc) is 3.21. The molecule has 1 heterocycles. The quantitative estimate of drug-likeness (QED) is 0.380. The van der Waals surface area contributed by atoms with E-state index < -0.39 is 0 Å². The number of hydrogen-bond acceptors (Lipinski definition) is 2. The Labute approximate surface area is 167 Å². The van der Waals surface area contributed by atoms with Crippen molar-refractivity contribution in [2.75, 3.05) is 0 Å². The zero-order valence-corrected chi connectivity index (χ0v) is 15.4. The molecule has 2 N–H and O–H groups in total. The molecule has 0 spiro atoms. The van der Waals surface area contributed by atoms with Gasteiger partial charge in [-0.15, -0.1) is 0 Å². The predicted octanol–water partition coefficient (Wildman–Crippen LogP) is 6.41. The minimum absolute atomic E-state index is 0.169. The van der Waals surface area contributed by atoms with Gasteiger partial charge in [0.1, 0.15) is 22.9 Å². The number of rotatable bonds is 3. The van der Waals surface area contributed by atoms with E-state index in [0.29, 0.717) is 5.52 Å². The standard InChI is InChI=1S/C25H17FN2O/c26-21-14-12-19(13-15-21)17-6-4-16(5-7-17)18-8-10-20(11-9-18)25-27-22-2-1-3-23(29)24(22)28-25/h1-15,29H,(H,27,28). The molecule has 0 radical (unpaired) electrons. The maximum atomic E-state index is 13.1. The van der Waals surface area contributed by atoms with Gasteiger partial charge in [-0.3, -0.25) is 0 Å². The fraction of sp³-hybridized carbons (Fsp3) is 0. The zero-order chi connectivity index (χ0) is 19.8. The van der Waals surface area contributed by atoms with E-state index >= 15 is 0 Å². The van der Waals surface area contributed by atoms with E-state index in [4.69, 9.17) is 0 Å². The highest BCUT2D eigenvalue weighted by Crippen LogP contribution is 2.29. The Morgan fingerprint density at radius 3 is 1.62 bits per heavy atom.